The molecule has 1 aromatic heterocycles. The molecule has 0 unspecified atom stereocenters. The number of aromatic nitrogens is 1. The van der Waals surface area contributed by atoms with Crippen molar-refractivity contribution in [3.63, 3.8) is 0 Å². The summed E-state index contributed by atoms with van der Waals surface area (Å²) in [4.78, 5) is 42.4. The van der Waals surface area contributed by atoms with E-state index in [9.17, 15) is 18.8 Å². The first-order chi connectivity index (χ1) is 16.9. The molecule has 9 heteroatoms. The Morgan fingerprint density at radius 2 is 1.83 bits per heavy atom. The van der Waals surface area contributed by atoms with Gasteiger partial charge < -0.3 is 15.5 Å². The van der Waals surface area contributed by atoms with Crippen LogP contribution in [0.15, 0.2) is 60.0 Å². The Hall–Kier alpha value is -3.85. The smallest absolute Gasteiger partial charge is 0.246 e. The summed E-state index contributed by atoms with van der Waals surface area (Å²) < 4.78 is 14.5. The van der Waals surface area contributed by atoms with Crippen LogP contribution < -0.4 is 10.6 Å². The molecule has 3 aromatic rings. The van der Waals surface area contributed by atoms with Crippen molar-refractivity contribution in [1.82, 2.24) is 9.88 Å². The number of carbonyl (C=O) groups is 3. The first-order valence-electron chi connectivity index (χ1n) is 11.2. The predicted molar refractivity (Wildman–Crippen MR) is 135 cm³/mol. The molecule has 0 bridgehead atoms. The van der Waals surface area contributed by atoms with Crippen LogP contribution >= 0.6 is 11.3 Å². The molecule has 2 aromatic carbocycles. The average Bonchev–Trinajstić information content (AvgIpc) is 3.31. The maximum Gasteiger partial charge on any atom is 0.246 e. The molecule has 7 nitrogen and oxygen atoms in total. The topological polar surface area (TPSA) is 91.4 Å². The molecule has 3 amide bonds. The third kappa shape index (κ3) is 6.39. The number of halogens is 1. The summed E-state index contributed by atoms with van der Waals surface area (Å²) in [6, 6.07) is 14.0. The monoisotopic (exact) mass is 492 g/mol. The summed E-state index contributed by atoms with van der Waals surface area (Å²) in [6.07, 6.45) is 4.48. The van der Waals surface area contributed by atoms with Crippen LogP contribution in [0, 0.1) is 11.7 Å². The van der Waals surface area contributed by atoms with Gasteiger partial charge in [0.25, 0.3) is 0 Å². The summed E-state index contributed by atoms with van der Waals surface area (Å²) in [5.41, 5.74) is 2.01. The zero-order valence-corrected chi connectivity index (χ0v) is 20.0. The van der Waals surface area contributed by atoms with Gasteiger partial charge in [-0.3, -0.25) is 14.4 Å². The van der Waals surface area contributed by atoms with Crippen molar-refractivity contribution in [1.29, 1.82) is 0 Å². The van der Waals surface area contributed by atoms with E-state index in [4.69, 9.17) is 0 Å². The molecule has 2 N–H and O–H groups in total. The van der Waals surface area contributed by atoms with Gasteiger partial charge in [-0.1, -0.05) is 30.3 Å². The van der Waals surface area contributed by atoms with Crippen LogP contribution in [0.1, 0.15) is 25.3 Å². The molecular weight excluding hydrogens is 467 g/mol. The first kappa shape index (κ1) is 24.3. The number of anilines is 2. The van der Waals surface area contributed by atoms with Gasteiger partial charge in [0.2, 0.25) is 17.7 Å². The fourth-order valence-corrected chi connectivity index (χ4v) is 4.58. The Kier molecular flexibility index (Phi) is 7.67. The fourth-order valence-electron chi connectivity index (χ4n) is 3.87. The predicted octanol–water partition coefficient (Wildman–Crippen LogP) is 4.80. The Bertz CT molecular complexity index is 1250. The number of hydrogen-bond acceptors (Lipinski definition) is 5. The van der Waals surface area contributed by atoms with Crippen molar-refractivity contribution in [2.24, 2.45) is 5.92 Å². The quantitative estimate of drug-likeness (QED) is 0.484. The van der Waals surface area contributed by atoms with Crippen LogP contribution in [0.5, 0.6) is 0 Å². The highest BCUT2D eigenvalue weighted by atomic mass is 32.1. The van der Waals surface area contributed by atoms with Crippen LogP contribution in [0.25, 0.3) is 17.3 Å². The van der Waals surface area contributed by atoms with E-state index in [2.05, 4.69) is 15.6 Å². The third-order valence-corrected chi connectivity index (χ3v) is 6.45. The van der Waals surface area contributed by atoms with E-state index in [1.54, 1.807) is 34.6 Å². The SMILES string of the molecule is CC(=O)Nc1ccc(-c2csc(NC(=O)C3CCN(C(=O)/C=C/c4ccccc4)CC3)n2)c(F)c1. The highest BCUT2D eigenvalue weighted by Gasteiger charge is 2.27. The number of piperidine rings is 1. The largest absolute Gasteiger partial charge is 0.339 e. The van der Waals surface area contributed by atoms with E-state index in [1.165, 1.54) is 24.3 Å². The zero-order valence-electron chi connectivity index (χ0n) is 19.2. The molecule has 0 spiro atoms. The van der Waals surface area contributed by atoms with Crippen LogP contribution in [-0.2, 0) is 14.4 Å². The summed E-state index contributed by atoms with van der Waals surface area (Å²) in [6.45, 7) is 2.36. The average molecular weight is 493 g/mol. The minimum absolute atomic E-state index is 0.0659. The number of thiazole rings is 1. The number of carbonyl (C=O) groups excluding carboxylic acids is 3. The van der Waals surface area contributed by atoms with Crippen LogP contribution in [0.4, 0.5) is 15.2 Å². The molecule has 0 radical (unpaired) electrons. The van der Waals surface area contributed by atoms with Crippen LogP contribution in [-0.4, -0.2) is 40.7 Å². The summed E-state index contributed by atoms with van der Waals surface area (Å²) in [5, 5.41) is 7.42. The second-order valence-electron chi connectivity index (χ2n) is 8.25. The second kappa shape index (κ2) is 11.1. The van der Waals surface area contributed by atoms with E-state index in [0.29, 0.717) is 42.4 Å². The van der Waals surface area contributed by atoms with Gasteiger partial charge in [-0.2, -0.15) is 0 Å². The van der Waals surface area contributed by atoms with Gasteiger partial charge in [-0.05, 0) is 42.7 Å². The lowest BCUT2D eigenvalue weighted by atomic mass is 9.96. The maximum atomic E-state index is 14.5. The standard InChI is InChI=1S/C26H25FN4O3S/c1-17(32)28-20-8-9-21(22(27)15-20)23-16-35-26(29-23)30-25(34)19-11-13-31(14-12-19)24(33)10-7-18-5-3-2-4-6-18/h2-10,15-16,19H,11-14H2,1H3,(H,28,32)(H,29,30,34)/b10-7+. The van der Waals surface area contributed by atoms with E-state index in [-0.39, 0.29) is 29.2 Å². The molecule has 1 saturated heterocycles. The number of nitrogens with zero attached hydrogens (tertiary/aromatic N) is 2. The van der Waals surface area contributed by atoms with Crippen molar-refractivity contribution in [2.45, 2.75) is 19.8 Å². The number of rotatable bonds is 6. The number of likely N-dealkylation sites (tertiary alicyclic amines) is 1. The van der Waals surface area contributed by atoms with Crippen molar-refractivity contribution >= 4 is 46.0 Å². The Labute approximate surface area is 206 Å². The second-order valence-corrected chi connectivity index (χ2v) is 9.10. The van der Waals surface area contributed by atoms with Gasteiger partial charge in [0.15, 0.2) is 5.13 Å². The molecule has 35 heavy (non-hydrogen) atoms. The maximum absolute atomic E-state index is 14.5. The van der Waals surface area contributed by atoms with Crippen molar-refractivity contribution in [3.05, 3.63) is 71.4 Å². The van der Waals surface area contributed by atoms with E-state index < -0.39 is 5.82 Å². The lowest BCUT2D eigenvalue weighted by Crippen LogP contribution is -2.40. The van der Waals surface area contributed by atoms with Crippen LogP contribution in [0.3, 0.4) is 0 Å². The third-order valence-electron chi connectivity index (χ3n) is 5.70. The van der Waals surface area contributed by atoms with Crippen molar-refractivity contribution in [3.8, 4) is 11.3 Å². The molecule has 1 fully saturated rings. The molecule has 2 heterocycles. The molecule has 180 valence electrons. The van der Waals surface area contributed by atoms with Crippen molar-refractivity contribution < 1.29 is 18.8 Å². The fraction of sp³-hybridized carbons (Fsp3) is 0.231. The summed E-state index contributed by atoms with van der Waals surface area (Å²) in [5.74, 6) is -1.24. The normalized spacial score (nSPS) is 14.2. The Balaban J connectivity index is 1.30. The number of benzene rings is 2. The number of amides is 3. The number of nitrogens with one attached hydrogen (secondary N) is 2. The lowest BCUT2D eigenvalue weighted by Gasteiger charge is -2.30. The Morgan fingerprint density at radius 3 is 2.51 bits per heavy atom. The Morgan fingerprint density at radius 1 is 1.09 bits per heavy atom. The summed E-state index contributed by atoms with van der Waals surface area (Å²) in [7, 11) is 0. The molecule has 1 aliphatic heterocycles. The lowest BCUT2D eigenvalue weighted by molar-refractivity contribution is -0.130. The van der Waals surface area contributed by atoms with Crippen LogP contribution in [0.2, 0.25) is 0 Å². The van der Waals surface area contributed by atoms with Gasteiger partial charge in [0, 0.05) is 48.6 Å². The first-order valence-corrected chi connectivity index (χ1v) is 12.1. The minimum atomic E-state index is -0.516. The van der Waals surface area contributed by atoms with E-state index >= 15 is 0 Å². The minimum Gasteiger partial charge on any atom is -0.339 e. The van der Waals surface area contributed by atoms with Gasteiger partial charge in [0.05, 0.1) is 5.69 Å². The van der Waals surface area contributed by atoms with Gasteiger partial charge in [-0.25, -0.2) is 9.37 Å². The molecule has 1 aliphatic rings. The van der Waals surface area contributed by atoms with E-state index in [0.717, 1.165) is 5.56 Å². The number of hydrogen-bond donors (Lipinski definition) is 2. The molecule has 0 saturated carbocycles. The van der Waals surface area contributed by atoms with E-state index in [1.807, 2.05) is 30.3 Å². The molecule has 4 rings (SSSR count). The van der Waals surface area contributed by atoms with Gasteiger partial charge >= 0.3 is 0 Å². The van der Waals surface area contributed by atoms with Gasteiger partial charge in [-0.15, -0.1) is 11.3 Å². The highest BCUT2D eigenvalue weighted by molar-refractivity contribution is 7.14. The molecular formula is C26H25FN4O3S. The van der Waals surface area contributed by atoms with Crippen molar-refractivity contribution in [2.75, 3.05) is 23.7 Å². The van der Waals surface area contributed by atoms with Gasteiger partial charge in [0.1, 0.15) is 5.82 Å². The zero-order chi connectivity index (χ0) is 24.8. The highest BCUT2D eigenvalue weighted by Crippen LogP contribution is 2.29. The summed E-state index contributed by atoms with van der Waals surface area (Å²) >= 11 is 1.22. The molecule has 0 aliphatic carbocycles. The molecule has 0 atom stereocenters.